The Balaban J connectivity index is 2.10. The molecule has 0 aliphatic heterocycles. The van der Waals surface area contributed by atoms with Crippen LogP contribution in [0.15, 0.2) is 50.4 Å². The normalized spacial score (nSPS) is 10.8. The molecule has 0 bridgehead atoms. The lowest BCUT2D eigenvalue weighted by Crippen LogP contribution is -2.19. The number of anilines is 1. The second-order valence-electron chi connectivity index (χ2n) is 4.10. The van der Waals surface area contributed by atoms with Gasteiger partial charge >= 0.3 is 0 Å². The lowest BCUT2D eigenvalue weighted by Gasteiger charge is -2.07. The number of rotatable bonds is 3. The third-order valence-electron chi connectivity index (χ3n) is 2.59. The molecule has 0 aromatic heterocycles. The topological polar surface area (TPSA) is 67.5 Å². The molecular weight excluding hydrogens is 421 g/mol. The number of nitrogens with zero attached hydrogens (tertiary/aromatic N) is 1. The van der Waals surface area contributed by atoms with Gasteiger partial charge < -0.3 is 5.73 Å². The predicted molar refractivity (Wildman–Crippen MR) is 92.8 cm³/mol. The first kappa shape index (κ1) is 16.0. The van der Waals surface area contributed by atoms with E-state index in [1.54, 1.807) is 36.4 Å². The molecule has 0 aliphatic rings. The number of hydrogen-bond acceptors (Lipinski definition) is 3. The fourth-order valence-electron chi connectivity index (χ4n) is 1.55. The Morgan fingerprint density at radius 3 is 2.57 bits per heavy atom. The molecule has 0 fully saturated rings. The number of carbonyl (C=O) groups is 1. The molecule has 0 saturated carbocycles. The SMILES string of the molecule is Nc1c(Br)cc(Br)cc1C(=O)N/N=C\c1ccc(Cl)cc1. The van der Waals surface area contributed by atoms with Gasteiger partial charge in [0, 0.05) is 14.0 Å². The minimum Gasteiger partial charge on any atom is -0.397 e. The Morgan fingerprint density at radius 1 is 1.24 bits per heavy atom. The van der Waals surface area contributed by atoms with Crippen LogP contribution in [0.5, 0.6) is 0 Å². The van der Waals surface area contributed by atoms with Gasteiger partial charge in [-0.2, -0.15) is 5.10 Å². The van der Waals surface area contributed by atoms with Crippen molar-refractivity contribution in [2.75, 3.05) is 5.73 Å². The van der Waals surface area contributed by atoms with Crippen LogP contribution in [-0.2, 0) is 0 Å². The molecule has 0 heterocycles. The van der Waals surface area contributed by atoms with Crippen molar-refractivity contribution >= 4 is 61.3 Å². The highest BCUT2D eigenvalue weighted by molar-refractivity contribution is 9.11. The number of nitrogens with one attached hydrogen (secondary N) is 1. The summed E-state index contributed by atoms with van der Waals surface area (Å²) in [6.07, 6.45) is 1.53. The lowest BCUT2D eigenvalue weighted by molar-refractivity contribution is 0.0956. The van der Waals surface area contributed by atoms with E-state index >= 15 is 0 Å². The highest BCUT2D eigenvalue weighted by atomic mass is 79.9. The van der Waals surface area contributed by atoms with Crippen LogP contribution < -0.4 is 11.2 Å². The van der Waals surface area contributed by atoms with E-state index in [9.17, 15) is 4.79 Å². The van der Waals surface area contributed by atoms with E-state index in [1.807, 2.05) is 0 Å². The van der Waals surface area contributed by atoms with Gasteiger partial charge in [0.25, 0.3) is 5.91 Å². The zero-order chi connectivity index (χ0) is 15.4. The second kappa shape index (κ2) is 7.06. The summed E-state index contributed by atoms with van der Waals surface area (Å²) in [5.74, 6) is -0.389. The molecule has 0 radical (unpaired) electrons. The molecule has 2 rings (SSSR count). The van der Waals surface area contributed by atoms with Gasteiger partial charge in [0.05, 0.1) is 17.5 Å². The first-order valence-electron chi connectivity index (χ1n) is 5.81. The number of nitrogens with two attached hydrogens (primary N) is 1. The monoisotopic (exact) mass is 429 g/mol. The Labute approximate surface area is 143 Å². The molecular formula is C14H10Br2ClN3O. The average molecular weight is 432 g/mol. The molecule has 21 heavy (non-hydrogen) atoms. The molecule has 0 aliphatic carbocycles. The molecule has 7 heteroatoms. The van der Waals surface area contributed by atoms with Crippen molar-refractivity contribution in [3.63, 3.8) is 0 Å². The first-order chi connectivity index (χ1) is 9.97. The van der Waals surface area contributed by atoms with Gasteiger partial charge in [-0.05, 0) is 45.8 Å². The molecule has 108 valence electrons. The number of benzene rings is 2. The van der Waals surface area contributed by atoms with Gasteiger partial charge in [-0.3, -0.25) is 4.79 Å². The molecule has 0 spiro atoms. The molecule has 1 amide bonds. The molecule has 4 nitrogen and oxygen atoms in total. The molecule has 2 aromatic rings. The summed E-state index contributed by atoms with van der Waals surface area (Å²) < 4.78 is 1.39. The fraction of sp³-hybridized carbons (Fsp3) is 0. The van der Waals surface area contributed by atoms with Crippen LogP contribution in [0.4, 0.5) is 5.69 Å². The molecule has 2 aromatic carbocycles. The van der Waals surface area contributed by atoms with Crippen molar-refractivity contribution in [3.8, 4) is 0 Å². The van der Waals surface area contributed by atoms with E-state index in [-0.39, 0.29) is 5.91 Å². The maximum absolute atomic E-state index is 12.0. The van der Waals surface area contributed by atoms with Crippen LogP contribution in [0.1, 0.15) is 15.9 Å². The minimum atomic E-state index is -0.389. The van der Waals surface area contributed by atoms with E-state index in [1.165, 1.54) is 6.21 Å². The van der Waals surface area contributed by atoms with E-state index in [4.69, 9.17) is 17.3 Å². The first-order valence-corrected chi connectivity index (χ1v) is 7.77. The maximum Gasteiger partial charge on any atom is 0.273 e. The van der Waals surface area contributed by atoms with Crippen molar-refractivity contribution < 1.29 is 4.79 Å². The van der Waals surface area contributed by atoms with Crippen LogP contribution in [0.25, 0.3) is 0 Å². The molecule has 3 N–H and O–H groups in total. The van der Waals surface area contributed by atoms with Gasteiger partial charge in [-0.25, -0.2) is 5.43 Å². The largest absolute Gasteiger partial charge is 0.397 e. The standard InChI is InChI=1S/C14H10Br2ClN3O/c15-9-5-11(13(18)12(16)6-9)14(21)20-19-7-8-1-3-10(17)4-2-8/h1-7H,18H2,(H,20,21)/b19-7-. The quantitative estimate of drug-likeness (QED) is 0.434. The maximum atomic E-state index is 12.0. The number of hydrazone groups is 1. The number of amides is 1. The summed E-state index contributed by atoms with van der Waals surface area (Å²) in [4.78, 5) is 12.0. The van der Waals surface area contributed by atoms with Gasteiger partial charge in [-0.15, -0.1) is 0 Å². The van der Waals surface area contributed by atoms with Gasteiger partial charge in [0.2, 0.25) is 0 Å². The van der Waals surface area contributed by atoms with Crippen LogP contribution in [-0.4, -0.2) is 12.1 Å². The van der Waals surface area contributed by atoms with E-state index in [2.05, 4.69) is 42.4 Å². The number of hydrogen-bond donors (Lipinski definition) is 2. The Bertz CT molecular complexity index is 702. The third kappa shape index (κ3) is 4.30. The van der Waals surface area contributed by atoms with Crippen molar-refractivity contribution in [3.05, 3.63) is 61.5 Å². The number of carbonyl (C=O) groups excluding carboxylic acids is 1. The van der Waals surface area contributed by atoms with Gasteiger partial charge in [-0.1, -0.05) is 39.7 Å². The fourth-order valence-corrected chi connectivity index (χ4v) is 2.90. The van der Waals surface area contributed by atoms with Crippen LogP contribution in [0, 0.1) is 0 Å². The Kier molecular flexibility index (Phi) is 5.39. The molecule has 0 saturated heterocycles. The predicted octanol–water partition coefficient (Wildman–Crippen LogP) is 4.21. The molecule has 0 unspecified atom stereocenters. The van der Waals surface area contributed by atoms with Crippen LogP contribution >= 0.6 is 43.5 Å². The van der Waals surface area contributed by atoms with Crippen LogP contribution in [0.3, 0.4) is 0 Å². The van der Waals surface area contributed by atoms with E-state index in [0.29, 0.717) is 20.7 Å². The zero-order valence-electron chi connectivity index (χ0n) is 10.6. The highest BCUT2D eigenvalue weighted by Crippen LogP contribution is 2.28. The Morgan fingerprint density at radius 2 is 1.90 bits per heavy atom. The van der Waals surface area contributed by atoms with E-state index in [0.717, 1.165) is 10.0 Å². The van der Waals surface area contributed by atoms with Gasteiger partial charge in [0.15, 0.2) is 0 Å². The summed E-state index contributed by atoms with van der Waals surface area (Å²) in [5.41, 5.74) is 9.81. The van der Waals surface area contributed by atoms with Crippen LogP contribution in [0.2, 0.25) is 5.02 Å². The number of nitrogen functional groups attached to an aromatic ring is 1. The smallest absolute Gasteiger partial charge is 0.273 e. The number of halogens is 3. The van der Waals surface area contributed by atoms with Gasteiger partial charge in [0.1, 0.15) is 0 Å². The molecule has 0 atom stereocenters. The average Bonchev–Trinajstić information content (AvgIpc) is 2.44. The summed E-state index contributed by atoms with van der Waals surface area (Å²) >= 11 is 12.4. The third-order valence-corrected chi connectivity index (χ3v) is 3.95. The summed E-state index contributed by atoms with van der Waals surface area (Å²) in [7, 11) is 0. The van der Waals surface area contributed by atoms with E-state index < -0.39 is 0 Å². The van der Waals surface area contributed by atoms with Crippen molar-refractivity contribution in [2.24, 2.45) is 5.10 Å². The zero-order valence-corrected chi connectivity index (χ0v) is 14.5. The summed E-state index contributed by atoms with van der Waals surface area (Å²) in [6.45, 7) is 0. The minimum absolute atomic E-state index is 0.338. The summed E-state index contributed by atoms with van der Waals surface area (Å²) in [5, 5.41) is 4.54. The Hall–Kier alpha value is -1.37. The lowest BCUT2D eigenvalue weighted by atomic mass is 10.2. The summed E-state index contributed by atoms with van der Waals surface area (Å²) in [6, 6.07) is 10.5. The van der Waals surface area contributed by atoms with Crippen molar-refractivity contribution in [1.82, 2.24) is 5.43 Å². The van der Waals surface area contributed by atoms with Crippen molar-refractivity contribution in [1.29, 1.82) is 0 Å². The van der Waals surface area contributed by atoms with Crippen molar-refractivity contribution in [2.45, 2.75) is 0 Å². The highest BCUT2D eigenvalue weighted by Gasteiger charge is 2.12. The second-order valence-corrected chi connectivity index (χ2v) is 6.31.